The Labute approximate surface area is 173 Å². The third-order valence-corrected chi connectivity index (χ3v) is 6.82. The molecule has 3 fully saturated rings. The van der Waals surface area contributed by atoms with E-state index < -0.39 is 0 Å². The van der Waals surface area contributed by atoms with Crippen molar-refractivity contribution in [1.29, 1.82) is 0 Å². The summed E-state index contributed by atoms with van der Waals surface area (Å²) in [5.74, 6) is 1.41. The lowest BCUT2D eigenvalue weighted by Gasteiger charge is -2.42. The van der Waals surface area contributed by atoms with Crippen LogP contribution >= 0.6 is 0 Å². The molecule has 29 heavy (non-hydrogen) atoms. The molecule has 0 N–H and O–H groups in total. The SMILES string of the molecule is COc1ccc(C(=O)N2CCC(N3CCC[C@@H](C(=O)N4CCCC4)C3)CC2)cc1. The summed E-state index contributed by atoms with van der Waals surface area (Å²) in [7, 11) is 1.63. The summed E-state index contributed by atoms with van der Waals surface area (Å²) in [6.07, 6.45) is 6.43. The van der Waals surface area contributed by atoms with Crippen LogP contribution in [0, 0.1) is 5.92 Å². The molecule has 1 aromatic rings. The summed E-state index contributed by atoms with van der Waals surface area (Å²) < 4.78 is 5.18. The van der Waals surface area contributed by atoms with Crippen LogP contribution in [0.5, 0.6) is 5.75 Å². The maximum absolute atomic E-state index is 12.8. The van der Waals surface area contributed by atoms with Gasteiger partial charge in [-0.1, -0.05) is 0 Å². The van der Waals surface area contributed by atoms with Gasteiger partial charge in [0.05, 0.1) is 13.0 Å². The van der Waals surface area contributed by atoms with E-state index in [4.69, 9.17) is 4.74 Å². The molecular formula is C23H33N3O3. The number of ether oxygens (including phenoxy) is 1. The van der Waals surface area contributed by atoms with Gasteiger partial charge in [0.25, 0.3) is 5.91 Å². The number of benzene rings is 1. The van der Waals surface area contributed by atoms with Crippen molar-refractivity contribution in [2.45, 2.75) is 44.6 Å². The molecule has 3 aliphatic heterocycles. The fourth-order valence-corrected chi connectivity index (χ4v) is 5.09. The van der Waals surface area contributed by atoms with Gasteiger partial charge in [0.15, 0.2) is 0 Å². The predicted octanol–water partition coefficient (Wildman–Crippen LogP) is 2.63. The summed E-state index contributed by atoms with van der Waals surface area (Å²) in [5, 5.41) is 0. The van der Waals surface area contributed by atoms with Gasteiger partial charge in [-0.05, 0) is 69.3 Å². The molecule has 0 bridgehead atoms. The molecule has 0 radical (unpaired) electrons. The first-order chi connectivity index (χ1) is 14.2. The smallest absolute Gasteiger partial charge is 0.253 e. The quantitative estimate of drug-likeness (QED) is 0.781. The van der Waals surface area contributed by atoms with Crippen LogP contribution in [0.2, 0.25) is 0 Å². The number of methoxy groups -OCH3 is 1. The molecule has 1 atom stereocenters. The fourth-order valence-electron chi connectivity index (χ4n) is 5.09. The van der Waals surface area contributed by atoms with Crippen LogP contribution in [0.15, 0.2) is 24.3 Å². The maximum Gasteiger partial charge on any atom is 0.253 e. The minimum Gasteiger partial charge on any atom is -0.497 e. The molecule has 4 rings (SSSR count). The molecule has 3 heterocycles. The van der Waals surface area contributed by atoms with Gasteiger partial charge in [0, 0.05) is 44.3 Å². The van der Waals surface area contributed by atoms with Gasteiger partial charge in [-0.3, -0.25) is 14.5 Å². The highest BCUT2D eigenvalue weighted by atomic mass is 16.5. The second kappa shape index (κ2) is 9.16. The predicted molar refractivity (Wildman–Crippen MR) is 112 cm³/mol. The van der Waals surface area contributed by atoms with Crippen molar-refractivity contribution in [1.82, 2.24) is 14.7 Å². The first-order valence-electron chi connectivity index (χ1n) is 11.1. The summed E-state index contributed by atoms with van der Waals surface area (Å²) >= 11 is 0. The Morgan fingerprint density at radius 3 is 2.21 bits per heavy atom. The fraction of sp³-hybridized carbons (Fsp3) is 0.652. The van der Waals surface area contributed by atoms with E-state index in [0.29, 0.717) is 11.9 Å². The summed E-state index contributed by atoms with van der Waals surface area (Å²) in [6, 6.07) is 7.85. The van der Waals surface area contributed by atoms with Crippen LogP contribution in [-0.2, 0) is 4.79 Å². The number of hydrogen-bond donors (Lipinski definition) is 0. The number of carbonyl (C=O) groups excluding carboxylic acids is 2. The minimum absolute atomic E-state index is 0.104. The zero-order valence-electron chi connectivity index (χ0n) is 17.5. The highest BCUT2D eigenvalue weighted by Gasteiger charge is 2.34. The van der Waals surface area contributed by atoms with Gasteiger partial charge in [-0.2, -0.15) is 0 Å². The molecule has 6 nitrogen and oxygen atoms in total. The average Bonchev–Trinajstić information content (AvgIpc) is 3.33. The molecule has 3 saturated heterocycles. The van der Waals surface area contributed by atoms with Gasteiger partial charge in [-0.15, -0.1) is 0 Å². The van der Waals surface area contributed by atoms with Crippen molar-refractivity contribution in [3.8, 4) is 5.75 Å². The summed E-state index contributed by atoms with van der Waals surface area (Å²) in [6.45, 7) is 5.45. The number of rotatable bonds is 4. The van der Waals surface area contributed by atoms with Gasteiger partial charge >= 0.3 is 0 Å². The Bertz CT molecular complexity index is 707. The molecule has 0 spiro atoms. The Morgan fingerprint density at radius 2 is 1.55 bits per heavy atom. The van der Waals surface area contributed by atoms with Crippen LogP contribution in [-0.4, -0.2) is 78.9 Å². The maximum atomic E-state index is 12.8. The molecular weight excluding hydrogens is 366 g/mol. The van der Waals surface area contributed by atoms with Gasteiger partial charge in [-0.25, -0.2) is 0 Å². The first kappa shape index (κ1) is 20.2. The van der Waals surface area contributed by atoms with Crippen molar-refractivity contribution in [3.63, 3.8) is 0 Å². The van der Waals surface area contributed by atoms with Crippen molar-refractivity contribution < 1.29 is 14.3 Å². The van der Waals surface area contributed by atoms with Crippen LogP contribution in [0.3, 0.4) is 0 Å². The molecule has 0 saturated carbocycles. The monoisotopic (exact) mass is 399 g/mol. The van der Waals surface area contributed by atoms with Crippen molar-refractivity contribution in [2.24, 2.45) is 5.92 Å². The van der Waals surface area contributed by atoms with E-state index in [0.717, 1.165) is 89.1 Å². The van der Waals surface area contributed by atoms with Crippen LogP contribution < -0.4 is 4.74 Å². The minimum atomic E-state index is 0.104. The molecule has 2 amide bonds. The third-order valence-electron chi connectivity index (χ3n) is 6.82. The molecule has 0 unspecified atom stereocenters. The molecule has 158 valence electrons. The van der Waals surface area contributed by atoms with Crippen LogP contribution in [0.4, 0.5) is 0 Å². The highest BCUT2D eigenvalue weighted by Crippen LogP contribution is 2.26. The zero-order valence-corrected chi connectivity index (χ0v) is 17.5. The largest absolute Gasteiger partial charge is 0.497 e. The average molecular weight is 400 g/mol. The lowest BCUT2D eigenvalue weighted by molar-refractivity contribution is -0.136. The number of hydrogen-bond acceptors (Lipinski definition) is 4. The first-order valence-corrected chi connectivity index (χ1v) is 11.1. The lowest BCUT2D eigenvalue weighted by Crippen LogP contribution is -2.51. The summed E-state index contributed by atoms with van der Waals surface area (Å²) in [4.78, 5) is 32.2. The van der Waals surface area contributed by atoms with E-state index in [1.165, 1.54) is 0 Å². The Morgan fingerprint density at radius 1 is 0.862 bits per heavy atom. The number of amides is 2. The second-order valence-electron chi connectivity index (χ2n) is 8.62. The lowest BCUT2D eigenvalue weighted by atomic mass is 9.92. The Kier molecular flexibility index (Phi) is 6.38. The van der Waals surface area contributed by atoms with Crippen LogP contribution in [0.25, 0.3) is 0 Å². The van der Waals surface area contributed by atoms with Crippen molar-refractivity contribution >= 4 is 11.8 Å². The van der Waals surface area contributed by atoms with E-state index in [9.17, 15) is 9.59 Å². The normalized spacial score (nSPS) is 24.0. The van der Waals surface area contributed by atoms with Crippen molar-refractivity contribution in [2.75, 3.05) is 46.4 Å². The Balaban J connectivity index is 1.29. The van der Waals surface area contributed by atoms with Crippen molar-refractivity contribution in [3.05, 3.63) is 29.8 Å². The molecule has 1 aromatic carbocycles. The standard InChI is InChI=1S/C23H33N3O3/c1-29-21-8-6-18(7-9-21)22(27)25-15-10-20(11-16-25)26-14-4-5-19(17-26)23(28)24-12-2-3-13-24/h6-9,19-20H,2-5,10-17H2,1H3/t19-/m1/s1. The molecule has 0 aliphatic carbocycles. The van der Waals surface area contributed by atoms with E-state index in [2.05, 4.69) is 9.80 Å². The number of carbonyl (C=O) groups is 2. The van der Waals surface area contributed by atoms with Gasteiger partial charge in [0.1, 0.15) is 5.75 Å². The van der Waals surface area contributed by atoms with E-state index in [-0.39, 0.29) is 11.8 Å². The summed E-state index contributed by atoms with van der Waals surface area (Å²) in [5.41, 5.74) is 0.721. The molecule has 0 aromatic heterocycles. The number of likely N-dealkylation sites (tertiary alicyclic amines) is 3. The van der Waals surface area contributed by atoms with E-state index >= 15 is 0 Å². The van der Waals surface area contributed by atoms with E-state index in [1.54, 1.807) is 7.11 Å². The molecule has 6 heteroatoms. The number of nitrogens with zero attached hydrogens (tertiary/aromatic N) is 3. The second-order valence-corrected chi connectivity index (χ2v) is 8.62. The highest BCUT2D eigenvalue weighted by molar-refractivity contribution is 5.94. The van der Waals surface area contributed by atoms with Gasteiger partial charge in [0.2, 0.25) is 5.91 Å². The topological polar surface area (TPSA) is 53.1 Å². The number of piperidine rings is 2. The zero-order chi connectivity index (χ0) is 20.2. The Hall–Kier alpha value is -2.08. The third kappa shape index (κ3) is 4.58. The van der Waals surface area contributed by atoms with E-state index in [1.807, 2.05) is 29.2 Å². The van der Waals surface area contributed by atoms with Gasteiger partial charge < -0.3 is 14.5 Å². The van der Waals surface area contributed by atoms with Crippen LogP contribution in [0.1, 0.15) is 48.9 Å². The molecule has 3 aliphatic rings.